The highest BCUT2D eigenvalue weighted by atomic mass is 31.2. The van der Waals surface area contributed by atoms with E-state index in [1.54, 1.807) is 37.3 Å². The van der Waals surface area contributed by atoms with Crippen molar-refractivity contribution in [1.82, 2.24) is 24.2 Å². The van der Waals surface area contributed by atoms with Crippen LogP contribution in [0.5, 0.6) is 11.5 Å². The zero-order valence-electron chi connectivity index (χ0n) is 35.3. The van der Waals surface area contributed by atoms with Crippen molar-refractivity contribution in [2.75, 3.05) is 26.6 Å². The first-order chi connectivity index (χ1) is 28.7. The number of benzene rings is 3. The minimum atomic E-state index is -4.18. The van der Waals surface area contributed by atoms with E-state index in [9.17, 15) is 4.79 Å². The van der Waals surface area contributed by atoms with Crippen LogP contribution in [0.1, 0.15) is 70.9 Å². The molecule has 0 spiro atoms. The van der Waals surface area contributed by atoms with Gasteiger partial charge in [-0.1, -0.05) is 74.5 Å². The average Bonchev–Trinajstić information content (AvgIpc) is 3.84. The molecule has 3 heterocycles. The molecule has 0 aliphatic carbocycles. The Balaban J connectivity index is 1.60. The molecule has 15 nitrogen and oxygen atoms in total. The molecule has 2 aromatic heterocycles. The third-order valence-corrected chi connectivity index (χ3v) is 13.0. The van der Waals surface area contributed by atoms with Crippen LogP contribution in [-0.4, -0.2) is 81.2 Å². The van der Waals surface area contributed by atoms with Crippen molar-refractivity contribution >= 4 is 30.6 Å². The number of carbonyl (C=O) groups is 1. The largest absolute Gasteiger partial charge is 0.497 e. The second kappa shape index (κ2) is 18.6. The van der Waals surface area contributed by atoms with Crippen molar-refractivity contribution in [2.45, 2.75) is 90.2 Å². The van der Waals surface area contributed by atoms with E-state index in [1.165, 1.54) is 12.4 Å². The first kappa shape index (κ1) is 44.4. The predicted molar refractivity (Wildman–Crippen MR) is 229 cm³/mol. The van der Waals surface area contributed by atoms with Crippen molar-refractivity contribution in [3.05, 3.63) is 125 Å². The van der Waals surface area contributed by atoms with E-state index in [0.717, 1.165) is 0 Å². The van der Waals surface area contributed by atoms with Crippen molar-refractivity contribution in [2.24, 2.45) is 5.92 Å². The van der Waals surface area contributed by atoms with E-state index < -0.39 is 49.4 Å². The number of methoxy groups -OCH3 is 2. The highest BCUT2D eigenvalue weighted by Crippen LogP contribution is 2.58. The SMILES string of the molecule is C=CCOP(=O)(O[C@H]1C[C@H](n2cnc3c(=O)[nH]c(N)nc32)O[C@@H]1C(OC(c1ccccc1)(c1ccc(OC)cc1)c1ccc(OC)cc1)C(=O)C(C)C)N(C(C)C)C(C)C. The molecule has 0 amide bonds. The fourth-order valence-electron chi connectivity index (χ4n) is 7.83. The van der Waals surface area contributed by atoms with Crippen molar-refractivity contribution in [3.63, 3.8) is 0 Å². The van der Waals surface area contributed by atoms with Gasteiger partial charge >= 0.3 is 7.75 Å². The number of nitrogens with two attached hydrogens (primary N) is 1. The second-order valence-corrected chi connectivity index (χ2v) is 17.3. The smallest absolute Gasteiger partial charge is 0.409 e. The monoisotopic (exact) mass is 842 g/mol. The summed E-state index contributed by atoms with van der Waals surface area (Å²) in [6.07, 6.45) is -1.71. The number of imidazole rings is 1. The number of fused-ring (bicyclic) bond motifs is 1. The molecule has 1 saturated heterocycles. The molecular weight excluding hydrogens is 787 g/mol. The highest BCUT2D eigenvalue weighted by molar-refractivity contribution is 7.51. The molecule has 0 radical (unpaired) electrons. The van der Waals surface area contributed by atoms with Crippen LogP contribution in [0.4, 0.5) is 5.95 Å². The number of nitrogens with zero attached hydrogens (tertiary/aromatic N) is 4. The summed E-state index contributed by atoms with van der Waals surface area (Å²) >= 11 is 0. The molecule has 1 aliphatic rings. The second-order valence-electron chi connectivity index (χ2n) is 15.4. The van der Waals surface area contributed by atoms with E-state index in [4.69, 9.17) is 33.7 Å². The number of nitrogen functional groups attached to an aromatic ring is 1. The van der Waals surface area contributed by atoms with Crippen LogP contribution >= 0.6 is 7.75 Å². The van der Waals surface area contributed by atoms with Crippen LogP contribution in [0.25, 0.3) is 11.2 Å². The van der Waals surface area contributed by atoms with E-state index in [2.05, 4.69) is 21.5 Å². The van der Waals surface area contributed by atoms with E-state index >= 15 is 9.36 Å². The van der Waals surface area contributed by atoms with Gasteiger partial charge in [-0.3, -0.25) is 28.2 Å². The molecule has 16 heteroatoms. The van der Waals surface area contributed by atoms with E-state index in [0.29, 0.717) is 28.2 Å². The highest BCUT2D eigenvalue weighted by Gasteiger charge is 2.53. The number of aromatic amines is 1. The van der Waals surface area contributed by atoms with Crippen LogP contribution in [-0.2, 0) is 33.5 Å². The topological polar surface area (TPSA) is 182 Å². The summed E-state index contributed by atoms with van der Waals surface area (Å²) in [6, 6.07) is 23.9. The molecule has 60 heavy (non-hydrogen) atoms. The molecule has 5 aromatic rings. The maximum absolute atomic E-state index is 15.3. The molecule has 1 fully saturated rings. The number of H-pyrrole nitrogens is 1. The Hall–Kier alpha value is -5.15. The van der Waals surface area contributed by atoms with Gasteiger partial charge in [0.15, 0.2) is 16.9 Å². The molecule has 1 aliphatic heterocycles. The van der Waals surface area contributed by atoms with Gasteiger partial charge in [0.05, 0.1) is 27.2 Å². The summed E-state index contributed by atoms with van der Waals surface area (Å²) in [5, 5.41) is 0. The molecule has 5 atom stereocenters. The summed E-state index contributed by atoms with van der Waals surface area (Å²) in [5.41, 5.74) is 6.26. The van der Waals surface area contributed by atoms with Gasteiger partial charge < -0.3 is 24.7 Å². The molecule has 6 rings (SSSR count). The third-order valence-electron chi connectivity index (χ3n) is 10.5. The minimum Gasteiger partial charge on any atom is -0.497 e. The number of hydrogen-bond acceptors (Lipinski definition) is 12. The lowest BCUT2D eigenvalue weighted by atomic mass is 9.79. The summed E-state index contributed by atoms with van der Waals surface area (Å²) in [4.78, 5) is 39.1. The van der Waals surface area contributed by atoms with Crippen LogP contribution in [0.2, 0.25) is 0 Å². The van der Waals surface area contributed by atoms with Crippen LogP contribution in [0.3, 0.4) is 0 Å². The molecule has 0 bridgehead atoms. The molecule has 2 unspecified atom stereocenters. The molecule has 0 saturated carbocycles. The number of rotatable bonds is 19. The minimum absolute atomic E-state index is 0.0185. The summed E-state index contributed by atoms with van der Waals surface area (Å²) in [6.45, 7) is 14.9. The maximum Gasteiger partial charge on any atom is 0.409 e. The van der Waals surface area contributed by atoms with Crippen molar-refractivity contribution < 1.29 is 37.4 Å². The van der Waals surface area contributed by atoms with Gasteiger partial charge in [-0.2, -0.15) is 4.98 Å². The number of ketones is 1. The Morgan fingerprint density at radius 3 is 2.05 bits per heavy atom. The normalized spacial score (nSPS) is 18.6. The maximum atomic E-state index is 15.3. The number of anilines is 1. The standard InChI is InChI=1S/C44H55N6O9P/c1-10-24-56-60(53,50(28(4)5)29(6)7)59-35-25-36(49-26-46-37-41(49)47-43(45)48-42(37)52)57-39(35)40(38(51)27(2)3)58-44(30-14-12-11-13-15-30,31-16-20-33(54-8)21-17-31)32-18-22-34(55-9)23-19-32/h10-23,26-29,35-36,39-40H,1,24-25H2,2-9H3,(H3,45,47,48,52)/t35-,36+,39-,40?,60?/m0/s1. The van der Waals surface area contributed by atoms with Crippen LogP contribution in [0.15, 0.2) is 103 Å². The van der Waals surface area contributed by atoms with Gasteiger partial charge in [-0.05, 0) is 68.7 Å². The fraction of sp³-hybridized carbons (Fsp3) is 0.409. The number of nitrogens with one attached hydrogen (secondary N) is 1. The first-order valence-electron chi connectivity index (χ1n) is 19.9. The lowest BCUT2D eigenvalue weighted by Crippen LogP contribution is -2.50. The number of ether oxygens (including phenoxy) is 4. The third kappa shape index (κ3) is 8.83. The van der Waals surface area contributed by atoms with Gasteiger partial charge in [-0.15, -0.1) is 6.58 Å². The summed E-state index contributed by atoms with van der Waals surface area (Å²) in [5.74, 6) is 0.246. The Kier molecular flexibility index (Phi) is 13.8. The number of Topliss-reactive ketones (excluding diaryl/α,β-unsaturated/α-hetero) is 1. The van der Waals surface area contributed by atoms with Crippen LogP contribution < -0.4 is 20.8 Å². The fourth-order valence-corrected chi connectivity index (χ4v) is 10.1. The molecular formula is C44H55N6O9P. The summed E-state index contributed by atoms with van der Waals surface area (Å²) in [7, 11) is -1.000. The van der Waals surface area contributed by atoms with Gasteiger partial charge in [0.1, 0.15) is 41.6 Å². The lowest BCUT2D eigenvalue weighted by Gasteiger charge is -2.42. The Morgan fingerprint density at radius 2 is 1.53 bits per heavy atom. The van der Waals surface area contributed by atoms with E-state index in [-0.39, 0.29) is 48.0 Å². The first-order valence-corrected chi connectivity index (χ1v) is 21.4. The van der Waals surface area contributed by atoms with E-state index in [1.807, 2.05) is 107 Å². The van der Waals surface area contributed by atoms with Crippen molar-refractivity contribution in [1.29, 1.82) is 0 Å². The van der Waals surface area contributed by atoms with Gasteiger partial charge in [-0.25, -0.2) is 14.2 Å². The zero-order chi connectivity index (χ0) is 43.4. The van der Waals surface area contributed by atoms with Gasteiger partial charge in [0.25, 0.3) is 5.56 Å². The number of carbonyl (C=O) groups excluding carboxylic acids is 1. The molecule has 320 valence electrons. The molecule has 3 N–H and O–H groups in total. The van der Waals surface area contributed by atoms with Crippen LogP contribution in [0, 0.1) is 5.92 Å². The lowest BCUT2D eigenvalue weighted by molar-refractivity contribution is -0.167. The van der Waals surface area contributed by atoms with Crippen molar-refractivity contribution in [3.8, 4) is 11.5 Å². The van der Waals surface area contributed by atoms with Gasteiger partial charge in [0, 0.05) is 24.4 Å². The Bertz CT molecular complexity index is 2290. The number of hydrogen-bond donors (Lipinski definition) is 2. The quantitative estimate of drug-likeness (QED) is 0.0476. The number of aromatic nitrogens is 4. The average molecular weight is 843 g/mol. The Morgan fingerprint density at radius 1 is 0.967 bits per heavy atom. The Labute approximate surface area is 350 Å². The molecule has 3 aromatic carbocycles. The van der Waals surface area contributed by atoms with Gasteiger partial charge in [0.2, 0.25) is 5.95 Å². The summed E-state index contributed by atoms with van der Waals surface area (Å²) < 4.78 is 56.9. The predicted octanol–water partition coefficient (Wildman–Crippen LogP) is 7.42. The zero-order valence-corrected chi connectivity index (χ0v) is 36.2.